The van der Waals surface area contributed by atoms with E-state index in [1.807, 2.05) is 0 Å². The van der Waals surface area contributed by atoms with Crippen LogP contribution in [0, 0.1) is 0 Å². The second kappa shape index (κ2) is 5.55. The van der Waals surface area contributed by atoms with Crippen LogP contribution in [0.2, 0.25) is 0 Å². The van der Waals surface area contributed by atoms with Crippen molar-refractivity contribution in [2.45, 2.75) is 6.36 Å². The zero-order valence-corrected chi connectivity index (χ0v) is 8.62. The lowest BCUT2D eigenvalue weighted by Crippen LogP contribution is -2.16. The fourth-order valence-electron chi connectivity index (χ4n) is 1.06. The van der Waals surface area contributed by atoms with Gasteiger partial charge in [-0.2, -0.15) is 0 Å². The second-order valence-corrected chi connectivity index (χ2v) is 2.97. The van der Waals surface area contributed by atoms with Crippen molar-refractivity contribution in [3.05, 3.63) is 35.9 Å². The highest BCUT2D eigenvalue weighted by molar-refractivity contribution is 5.50. The van der Waals surface area contributed by atoms with Crippen LogP contribution in [0.15, 0.2) is 30.3 Å². The van der Waals surface area contributed by atoms with Crippen molar-refractivity contribution < 1.29 is 22.6 Å². The maximum Gasteiger partial charge on any atom is 0.573 e. The van der Waals surface area contributed by atoms with Gasteiger partial charge in [0.2, 0.25) is 0 Å². The molecule has 0 fully saturated rings. The Labute approximate surface area is 91.3 Å². The summed E-state index contributed by atoms with van der Waals surface area (Å²) in [6.45, 7) is 0.459. The molecule has 88 valence electrons. The lowest BCUT2D eigenvalue weighted by molar-refractivity contribution is -0.274. The molecule has 0 radical (unpaired) electrons. The predicted molar refractivity (Wildman–Crippen MR) is 54.0 cm³/mol. The SMILES string of the molecule is COCC=Cc1ccc(OC(F)(F)F)cc1. The third-order valence-electron chi connectivity index (χ3n) is 1.69. The number of alkyl halides is 3. The van der Waals surface area contributed by atoms with Crippen molar-refractivity contribution >= 4 is 6.08 Å². The molecule has 1 rings (SSSR count). The highest BCUT2D eigenvalue weighted by Crippen LogP contribution is 2.22. The van der Waals surface area contributed by atoms with Gasteiger partial charge in [-0.1, -0.05) is 24.3 Å². The van der Waals surface area contributed by atoms with E-state index in [2.05, 4.69) is 4.74 Å². The maximum atomic E-state index is 11.8. The summed E-state index contributed by atoms with van der Waals surface area (Å²) in [5.74, 6) is -0.226. The number of hydrogen-bond donors (Lipinski definition) is 0. The molecule has 0 aliphatic rings. The first-order valence-electron chi connectivity index (χ1n) is 4.52. The van der Waals surface area contributed by atoms with Crippen molar-refractivity contribution in [1.82, 2.24) is 0 Å². The van der Waals surface area contributed by atoms with Crippen molar-refractivity contribution in [2.24, 2.45) is 0 Å². The molecule has 0 aromatic heterocycles. The van der Waals surface area contributed by atoms with Crippen LogP contribution in [0.25, 0.3) is 6.08 Å². The largest absolute Gasteiger partial charge is 0.573 e. The Hall–Kier alpha value is -1.49. The highest BCUT2D eigenvalue weighted by Gasteiger charge is 2.30. The molecule has 1 aromatic carbocycles. The summed E-state index contributed by atoms with van der Waals surface area (Å²) in [5, 5.41) is 0. The summed E-state index contributed by atoms with van der Waals surface area (Å²) >= 11 is 0. The van der Waals surface area contributed by atoms with Crippen LogP contribution in [0.4, 0.5) is 13.2 Å². The maximum absolute atomic E-state index is 11.8. The molecule has 0 saturated carbocycles. The van der Waals surface area contributed by atoms with Crippen LogP contribution in [-0.2, 0) is 4.74 Å². The Morgan fingerprint density at radius 3 is 2.31 bits per heavy atom. The quantitative estimate of drug-likeness (QED) is 0.793. The molecule has 2 nitrogen and oxygen atoms in total. The Kier molecular flexibility index (Phi) is 4.37. The van der Waals surface area contributed by atoms with Gasteiger partial charge in [-0.25, -0.2) is 0 Å². The van der Waals surface area contributed by atoms with Gasteiger partial charge >= 0.3 is 6.36 Å². The zero-order chi connectivity index (χ0) is 12.0. The van der Waals surface area contributed by atoms with Gasteiger partial charge in [-0.15, -0.1) is 13.2 Å². The van der Waals surface area contributed by atoms with Gasteiger partial charge in [0, 0.05) is 7.11 Å². The van der Waals surface area contributed by atoms with E-state index in [9.17, 15) is 13.2 Å². The first kappa shape index (κ1) is 12.6. The lowest BCUT2D eigenvalue weighted by atomic mass is 10.2. The molecule has 0 unspecified atom stereocenters. The zero-order valence-electron chi connectivity index (χ0n) is 8.62. The minimum Gasteiger partial charge on any atom is -0.406 e. The van der Waals surface area contributed by atoms with E-state index < -0.39 is 6.36 Å². The van der Waals surface area contributed by atoms with E-state index in [0.29, 0.717) is 6.61 Å². The summed E-state index contributed by atoms with van der Waals surface area (Å²) in [6, 6.07) is 5.60. The summed E-state index contributed by atoms with van der Waals surface area (Å²) in [7, 11) is 1.56. The Bertz CT molecular complexity index is 341. The number of rotatable bonds is 4. The summed E-state index contributed by atoms with van der Waals surface area (Å²) in [6.07, 6.45) is -1.13. The van der Waals surface area contributed by atoms with Gasteiger partial charge in [0.05, 0.1) is 6.61 Å². The molecular weight excluding hydrogens is 221 g/mol. The van der Waals surface area contributed by atoms with Gasteiger partial charge in [-0.05, 0) is 17.7 Å². The smallest absolute Gasteiger partial charge is 0.406 e. The third kappa shape index (κ3) is 4.84. The standard InChI is InChI=1S/C11H11F3O2/c1-15-8-2-3-9-4-6-10(7-5-9)16-11(12,13)14/h2-7H,8H2,1H3. The summed E-state index contributed by atoms with van der Waals surface area (Å²) in [5.41, 5.74) is 0.784. The Balaban J connectivity index is 2.61. The van der Waals surface area contributed by atoms with E-state index in [1.165, 1.54) is 24.3 Å². The monoisotopic (exact) mass is 232 g/mol. The number of hydrogen-bond acceptors (Lipinski definition) is 2. The van der Waals surface area contributed by atoms with Crippen molar-refractivity contribution in [3.8, 4) is 5.75 Å². The van der Waals surface area contributed by atoms with Crippen molar-refractivity contribution in [1.29, 1.82) is 0 Å². The van der Waals surface area contributed by atoms with Crippen LogP contribution in [0.5, 0.6) is 5.75 Å². The molecule has 0 atom stereocenters. The summed E-state index contributed by atoms with van der Waals surface area (Å²) < 4.78 is 44.0. The van der Waals surface area contributed by atoms with Crippen LogP contribution in [0.1, 0.15) is 5.56 Å². The molecule has 0 aliphatic carbocycles. The molecule has 1 aromatic rings. The van der Waals surface area contributed by atoms with Gasteiger partial charge in [-0.3, -0.25) is 0 Å². The summed E-state index contributed by atoms with van der Waals surface area (Å²) in [4.78, 5) is 0. The van der Waals surface area contributed by atoms with Crippen LogP contribution in [0.3, 0.4) is 0 Å². The van der Waals surface area contributed by atoms with E-state index in [-0.39, 0.29) is 5.75 Å². The molecule has 0 N–H and O–H groups in total. The molecule has 0 saturated heterocycles. The third-order valence-corrected chi connectivity index (χ3v) is 1.69. The second-order valence-electron chi connectivity index (χ2n) is 2.97. The fourth-order valence-corrected chi connectivity index (χ4v) is 1.06. The minimum absolute atomic E-state index is 0.226. The predicted octanol–water partition coefficient (Wildman–Crippen LogP) is 3.24. The number of halogens is 3. The molecular formula is C11H11F3O2. The molecule has 16 heavy (non-hydrogen) atoms. The lowest BCUT2D eigenvalue weighted by Gasteiger charge is -2.08. The van der Waals surface area contributed by atoms with Crippen molar-refractivity contribution in [2.75, 3.05) is 13.7 Å². The number of methoxy groups -OCH3 is 1. The van der Waals surface area contributed by atoms with Gasteiger partial charge in [0.25, 0.3) is 0 Å². The number of ether oxygens (including phenoxy) is 2. The van der Waals surface area contributed by atoms with Crippen molar-refractivity contribution in [3.63, 3.8) is 0 Å². The number of benzene rings is 1. The van der Waals surface area contributed by atoms with E-state index in [4.69, 9.17) is 4.74 Å². The fraction of sp³-hybridized carbons (Fsp3) is 0.273. The van der Waals surface area contributed by atoms with E-state index in [0.717, 1.165) is 5.56 Å². The molecule has 0 aliphatic heterocycles. The average Bonchev–Trinajstić information content (AvgIpc) is 2.19. The molecule has 0 heterocycles. The molecule has 0 amide bonds. The van der Waals surface area contributed by atoms with Crippen LogP contribution >= 0.6 is 0 Å². The normalized spacial score (nSPS) is 12.0. The average molecular weight is 232 g/mol. The highest BCUT2D eigenvalue weighted by atomic mass is 19.4. The van der Waals surface area contributed by atoms with E-state index in [1.54, 1.807) is 19.3 Å². The topological polar surface area (TPSA) is 18.5 Å². The first-order chi connectivity index (χ1) is 7.51. The van der Waals surface area contributed by atoms with Gasteiger partial charge in [0.15, 0.2) is 0 Å². The van der Waals surface area contributed by atoms with E-state index >= 15 is 0 Å². The Morgan fingerprint density at radius 1 is 1.19 bits per heavy atom. The van der Waals surface area contributed by atoms with Gasteiger partial charge < -0.3 is 9.47 Å². The molecule has 0 spiro atoms. The molecule has 0 bridgehead atoms. The van der Waals surface area contributed by atoms with Gasteiger partial charge in [0.1, 0.15) is 5.75 Å². The first-order valence-corrected chi connectivity index (χ1v) is 4.52. The minimum atomic E-state index is -4.65. The molecule has 5 heteroatoms. The van der Waals surface area contributed by atoms with Crippen LogP contribution in [-0.4, -0.2) is 20.1 Å². The Morgan fingerprint density at radius 2 is 1.81 bits per heavy atom. The van der Waals surface area contributed by atoms with Crippen LogP contribution < -0.4 is 4.74 Å².